The smallest absolute Gasteiger partial charge is 0.251 e. The van der Waals surface area contributed by atoms with E-state index >= 15 is 0 Å². The highest BCUT2D eigenvalue weighted by Crippen LogP contribution is 2.12. The van der Waals surface area contributed by atoms with Crippen molar-refractivity contribution in [3.63, 3.8) is 0 Å². The van der Waals surface area contributed by atoms with E-state index in [0.717, 1.165) is 12.8 Å². The zero-order valence-electron chi connectivity index (χ0n) is 13.8. The van der Waals surface area contributed by atoms with Crippen LogP contribution in [0.1, 0.15) is 44.0 Å². The lowest BCUT2D eigenvalue weighted by atomic mass is 10.0. The number of rotatable bonds is 8. The fourth-order valence-corrected chi connectivity index (χ4v) is 2.97. The highest BCUT2D eigenvalue weighted by Gasteiger charge is 2.16. The Hall–Kier alpha value is -1.84. The predicted octanol–water partition coefficient (Wildman–Crippen LogP) is 2.15. The van der Waals surface area contributed by atoms with Crippen LogP contribution in [0.15, 0.2) is 29.2 Å². The summed E-state index contributed by atoms with van der Waals surface area (Å²) in [5, 5.41) is 2.89. The average Bonchev–Trinajstić information content (AvgIpc) is 2.51. The molecule has 23 heavy (non-hydrogen) atoms. The molecule has 0 saturated carbocycles. The van der Waals surface area contributed by atoms with E-state index in [9.17, 15) is 13.2 Å². The molecule has 1 aromatic rings. The monoisotopic (exact) mass is 336 g/mol. The van der Waals surface area contributed by atoms with Crippen molar-refractivity contribution in [1.29, 1.82) is 0 Å². The zero-order chi connectivity index (χ0) is 17.5. The molecule has 0 aliphatic carbocycles. The molecule has 0 spiro atoms. The number of hydrogen-bond acceptors (Lipinski definition) is 3. The molecule has 1 amide bonds. The number of carbonyl (C=O) groups excluding carboxylic acids is 1. The summed E-state index contributed by atoms with van der Waals surface area (Å²) >= 11 is 0. The predicted molar refractivity (Wildman–Crippen MR) is 91.5 cm³/mol. The lowest BCUT2D eigenvalue weighted by molar-refractivity contribution is 0.0937. The SMILES string of the molecule is C#CCNS(=O)(=O)c1cccc(C(=O)NC(C)CCC(C)C)c1. The van der Waals surface area contributed by atoms with Crippen LogP contribution in [0.4, 0.5) is 0 Å². The summed E-state index contributed by atoms with van der Waals surface area (Å²) in [5.74, 6) is 2.50. The first-order chi connectivity index (χ1) is 10.8. The molecule has 6 heteroatoms. The molecule has 2 N–H and O–H groups in total. The maximum atomic E-state index is 12.2. The first-order valence-electron chi connectivity index (χ1n) is 7.60. The van der Waals surface area contributed by atoms with Gasteiger partial charge in [0.15, 0.2) is 0 Å². The number of nitrogens with one attached hydrogen (secondary N) is 2. The second-order valence-corrected chi connectivity index (χ2v) is 7.67. The highest BCUT2D eigenvalue weighted by atomic mass is 32.2. The molecule has 0 fully saturated rings. The Morgan fingerprint density at radius 1 is 1.26 bits per heavy atom. The van der Waals surface area contributed by atoms with Crippen molar-refractivity contribution in [3.8, 4) is 12.3 Å². The second-order valence-electron chi connectivity index (χ2n) is 5.90. The third kappa shape index (κ3) is 6.43. The van der Waals surface area contributed by atoms with Gasteiger partial charge < -0.3 is 5.32 Å². The Labute approximate surface area is 138 Å². The molecular formula is C17H24N2O3S. The Bertz CT molecular complexity index is 675. The van der Waals surface area contributed by atoms with Crippen LogP contribution in [0.3, 0.4) is 0 Å². The largest absolute Gasteiger partial charge is 0.350 e. The number of benzene rings is 1. The van der Waals surface area contributed by atoms with Crippen molar-refractivity contribution in [2.45, 2.75) is 44.6 Å². The molecule has 1 unspecified atom stereocenters. The molecule has 1 atom stereocenters. The normalized spacial score (nSPS) is 12.7. The van der Waals surface area contributed by atoms with Crippen molar-refractivity contribution < 1.29 is 13.2 Å². The minimum atomic E-state index is -3.70. The van der Waals surface area contributed by atoms with Crippen LogP contribution < -0.4 is 10.0 Å². The summed E-state index contributed by atoms with van der Waals surface area (Å²) in [6.45, 7) is 6.11. The number of terminal acetylenes is 1. The topological polar surface area (TPSA) is 75.3 Å². The van der Waals surface area contributed by atoms with Crippen molar-refractivity contribution in [2.75, 3.05) is 6.54 Å². The van der Waals surface area contributed by atoms with Gasteiger partial charge in [0, 0.05) is 11.6 Å². The van der Waals surface area contributed by atoms with Gasteiger partial charge in [-0.1, -0.05) is 25.8 Å². The molecule has 1 rings (SSSR count). The number of carbonyl (C=O) groups is 1. The molecule has 0 heterocycles. The van der Waals surface area contributed by atoms with E-state index in [0.29, 0.717) is 11.5 Å². The Morgan fingerprint density at radius 2 is 1.96 bits per heavy atom. The van der Waals surface area contributed by atoms with Crippen LogP contribution in [0.5, 0.6) is 0 Å². The van der Waals surface area contributed by atoms with E-state index in [1.807, 2.05) is 6.92 Å². The maximum Gasteiger partial charge on any atom is 0.251 e. The molecule has 5 nitrogen and oxygen atoms in total. The lowest BCUT2D eigenvalue weighted by Crippen LogP contribution is -2.33. The van der Waals surface area contributed by atoms with Gasteiger partial charge in [-0.05, 0) is 43.9 Å². The van der Waals surface area contributed by atoms with Crippen molar-refractivity contribution in [2.24, 2.45) is 5.92 Å². The van der Waals surface area contributed by atoms with Gasteiger partial charge >= 0.3 is 0 Å². The second kappa shape index (κ2) is 8.70. The standard InChI is InChI=1S/C17H24N2O3S/c1-5-11-18-23(21,22)16-8-6-7-15(12-16)17(20)19-14(4)10-9-13(2)3/h1,6-8,12-14,18H,9-11H2,2-4H3,(H,19,20). The van der Waals surface area contributed by atoms with E-state index in [4.69, 9.17) is 6.42 Å². The maximum absolute atomic E-state index is 12.2. The molecule has 0 bridgehead atoms. The van der Waals surface area contributed by atoms with Gasteiger partial charge in [0.1, 0.15) is 0 Å². The molecular weight excluding hydrogens is 312 g/mol. The average molecular weight is 336 g/mol. The summed E-state index contributed by atoms with van der Waals surface area (Å²) in [4.78, 5) is 12.3. The molecule has 0 aliphatic heterocycles. The quantitative estimate of drug-likeness (QED) is 0.714. The molecule has 0 saturated heterocycles. The first kappa shape index (κ1) is 19.2. The molecule has 1 aromatic carbocycles. The highest BCUT2D eigenvalue weighted by molar-refractivity contribution is 7.89. The summed E-state index contributed by atoms with van der Waals surface area (Å²) in [5.41, 5.74) is 0.310. The Kier molecular flexibility index (Phi) is 7.27. The lowest BCUT2D eigenvalue weighted by Gasteiger charge is -2.15. The van der Waals surface area contributed by atoms with Crippen molar-refractivity contribution in [3.05, 3.63) is 29.8 Å². The van der Waals surface area contributed by atoms with Crippen LogP contribution in [-0.4, -0.2) is 26.9 Å². The summed E-state index contributed by atoms with van der Waals surface area (Å²) in [6.07, 6.45) is 6.96. The minimum absolute atomic E-state index is 0.0234. The van der Waals surface area contributed by atoms with Crippen LogP contribution in [-0.2, 0) is 10.0 Å². The van der Waals surface area contributed by atoms with E-state index in [2.05, 4.69) is 29.8 Å². The summed E-state index contributed by atoms with van der Waals surface area (Å²) < 4.78 is 26.3. The third-order valence-corrected chi connectivity index (χ3v) is 4.72. The van der Waals surface area contributed by atoms with E-state index < -0.39 is 10.0 Å². The van der Waals surface area contributed by atoms with Gasteiger partial charge in [0.25, 0.3) is 5.91 Å². The zero-order valence-corrected chi connectivity index (χ0v) is 14.6. The molecule has 0 aromatic heterocycles. The number of amides is 1. The first-order valence-corrected chi connectivity index (χ1v) is 9.08. The molecule has 126 valence electrons. The van der Waals surface area contributed by atoms with E-state index in [-0.39, 0.29) is 23.4 Å². The Balaban J connectivity index is 2.80. The van der Waals surface area contributed by atoms with Gasteiger partial charge in [-0.15, -0.1) is 6.42 Å². The minimum Gasteiger partial charge on any atom is -0.350 e. The molecule has 0 radical (unpaired) electrons. The van der Waals surface area contributed by atoms with Crippen LogP contribution in [0.25, 0.3) is 0 Å². The van der Waals surface area contributed by atoms with Gasteiger partial charge in [-0.2, -0.15) is 4.72 Å². The van der Waals surface area contributed by atoms with Crippen LogP contribution >= 0.6 is 0 Å². The van der Waals surface area contributed by atoms with Crippen molar-refractivity contribution in [1.82, 2.24) is 10.0 Å². The Morgan fingerprint density at radius 3 is 2.57 bits per heavy atom. The van der Waals surface area contributed by atoms with Gasteiger partial charge in [-0.25, -0.2) is 8.42 Å². The fraction of sp³-hybridized carbons (Fsp3) is 0.471. The van der Waals surface area contributed by atoms with E-state index in [1.165, 1.54) is 18.2 Å². The fourth-order valence-electron chi connectivity index (χ4n) is 1.99. The van der Waals surface area contributed by atoms with Gasteiger partial charge in [0.2, 0.25) is 10.0 Å². The number of hydrogen-bond donors (Lipinski definition) is 2. The van der Waals surface area contributed by atoms with E-state index in [1.54, 1.807) is 6.07 Å². The van der Waals surface area contributed by atoms with Gasteiger partial charge in [0.05, 0.1) is 11.4 Å². The van der Waals surface area contributed by atoms with Crippen LogP contribution in [0, 0.1) is 18.3 Å². The summed E-state index contributed by atoms with van der Waals surface area (Å²) in [6, 6.07) is 5.94. The van der Waals surface area contributed by atoms with Crippen LogP contribution in [0.2, 0.25) is 0 Å². The molecule has 0 aliphatic rings. The van der Waals surface area contributed by atoms with Gasteiger partial charge in [-0.3, -0.25) is 4.79 Å². The van der Waals surface area contributed by atoms with Crippen molar-refractivity contribution >= 4 is 15.9 Å². The number of sulfonamides is 1. The third-order valence-electron chi connectivity index (χ3n) is 3.33. The summed E-state index contributed by atoms with van der Waals surface area (Å²) in [7, 11) is -3.70.